The number of pyridine rings is 1. The topological polar surface area (TPSA) is 35.1 Å². The number of piperazine rings is 1. The SMILES string of the molecule is COc1ccc(N2CCN(c3ccc(N4CCC5(CC4)CCN(C4CCC4)CC5)nc3)CC2)cc1. The first-order valence-corrected chi connectivity index (χ1v) is 13.8. The average molecular weight is 476 g/mol. The summed E-state index contributed by atoms with van der Waals surface area (Å²) in [6.07, 6.45) is 11.9. The van der Waals surface area contributed by atoms with Crippen molar-refractivity contribution in [3.05, 3.63) is 42.6 Å². The van der Waals surface area contributed by atoms with E-state index in [1.807, 2.05) is 12.1 Å². The summed E-state index contributed by atoms with van der Waals surface area (Å²) in [5, 5.41) is 0. The molecule has 0 atom stereocenters. The van der Waals surface area contributed by atoms with E-state index in [-0.39, 0.29) is 0 Å². The first-order valence-electron chi connectivity index (χ1n) is 13.8. The largest absolute Gasteiger partial charge is 0.497 e. The Balaban J connectivity index is 0.989. The van der Waals surface area contributed by atoms with Crippen molar-refractivity contribution < 1.29 is 4.74 Å². The lowest BCUT2D eigenvalue weighted by molar-refractivity contribution is 0.0305. The summed E-state index contributed by atoms with van der Waals surface area (Å²) in [5.74, 6) is 2.07. The minimum absolute atomic E-state index is 0.597. The van der Waals surface area contributed by atoms with Crippen molar-refractivity contribution in [1.82, 2.24) is 9.88 Å². The highest BCUT2D eigenvalue weighted by Crippen LogP contribution is 2.43. The van der Waals surface area contributed by atoms with E-state index < -0.39 is 0 Å². The molecule has 0 amide bonds. The third kappa shape index (κ3) is 4.82. The van der Waals surface area contributed by atoms with Gasteiger partial charge in [0.25, 0.3) is 0 Å². The maximum absolute atomic E-state index is 5.29. The molecule has 188 valence electrons. The Bertz CT molecular complexity index is 948. The zero-order valence-corrected chi connectivity index (χ0v) is 21.4. The summed E-state index contributed by atoms with van der Waals surface area (Å²) < 4.78 is 5.29. The summed E-state index contributed by atoms with van der Waals surface area (Å²) in [4.78, 5) is 15.1. The monoisotopic (exact) mass is 475 g/mol. The zero-order chi connectivity index (χ0) is 23.7. The molecule has 2 aromatic rings. The Kier molecular flexibility index (Phi) is 6.48. The van der Waals surface area contributed by atoms with Crippen LogP contribution in [-0.2, 0) is 0 Å². The number of hydrogen-bond acceptors (Lipinski definition) is 6. The van der Waals surface area contributed by atoms with Crippen LogP contribution >= 0.6 is 0 Å². The minimum Gasteiger partial charge on any atom is -0.497 e. The van der Waals surface area contributed by atoms with Crippen LogP contribution < -0.4 is 19.4 Å². The second-order valence-electron chi connectivity index (χ2n) is 11.2. The highest BCUT2D eigenvalue weighted by atomic mass is 16.5. The van der Waals surface area contributed by atoms with E-state index in [4.69, 9.17) is 9.72 Å². The van der Waals surface area contributed by atoms with E-state index >= 15 is 0 Å². The van der Waals surface area contributed by atoms with Crippen LogP contribution in [-0.4, -0.2) is 75.4 Å². The zero-order valence-electron chi connectivity index (χ0n) is 21.4. The van der Waals surface area contributed by atoms with E-state index in [0.29, 0.717) is 5.41 Å². The van der Waals surface area contributed by atoms with Gasteiger partial charge in [0.1, 0.15) is 11.6 Å². The summed E-state index contributed by atoms with van der Waals surface area (Å²) in [7, 11) is 1.72. The van der Waals surface area contributed by atoms with Crippen molar-refractivity contribution >= 4 is 17.2 Å². The van der Waals surface area contributed by atoms with E-state index in [2.05, 4.69) is 50.1 Å². The summed E-state index contributed by atoms with van der Waals surface area (Å²) in [5.41, 5.74) is 3.12. The van der Waals surface area contributed by atoms with Gasteiger partial charge in [-0.05, 0) is 93.4 Å². The number of anilines is 3. The van der Waals surface area contributed by atoms with Crippen LogP contribution in [0.25, 0.3) is 0 Å². The van der Waals surface area contributed by atoms with Gasteiger partial charge in [-0.2, -0.15) is 0 Å². The van der Waals surface area contributed by atoms with Crippen LogP contribution in [0.1, 0.15) is 44.9 Å². The lowest BCUT2D eigenvalue weighted by atomic mass is 9.70. The van der Waals surface area contributed by atoms with Gasteiger partial charge in [0.2, 0.25) is 0 Å². The molecule has 0 bridgehead atoms. The Morgan fingerprint density at radius 2 is 1.31 bits per heavy atom. The lowest BCUT2D eigenvalue weighted by Gasteiger charge is -2.50. The van der Waals surface area contributed by atoms with Gasteiger partial charge in [0, 0.05) is 51.0 Å². The fourth-order valence-electron chi connectivity index (χ4n) is 6.59. The van der Waals surface area contributed by atoms with Gasteiger partial charge in [0.05, 0.1) is 19.0 Å². The van der Waals surface area contributed by atoms with E-state index in [1.54, 1.807) is 7.11 Å². The Labute approximate surface area is 210 Å². The Morgan fingerprint density at radius 3 is 1.86 bits per heavy atom. The van der Waals surface area contributed by atoms with Crippen molar-refractivity contribution in [1.29, 1.82) is 0 Å². The molecule has 0 radical (unpaired) electrons. The number of benzene rings is 1. The molecule has 4 heterocycles. The number of ether oxygens (including phenoxy) is 1. The van der Waals surface area contributed by atoms with Gasteiger partial charge in [-0.25, -0.2) is 4.98 Å². The quantitative estimate of drug-likeness (QED) is 0.626. The Morgan fingerprint density at radius 1 is 0.714 bits per heavy atom. The molecule has 4 fully saturated rings. The molecule has 1 aromatic carbocycles. The van der Waals surface area contributed by atoms with Crippen molar-refractivity contribution in [3.8, 4) is 5.75 Å². The van der Waals surface area contributed by atoms with Gasteiger partial charge in [-0.1, -0.05) is 6.42 Å². The molecule has 35 heavy (non-hydrogen) atoms. The second kappa shape index (κ2) is 9.88. The molecule has 4 aliphatic rings. The predicted octanol–water partition coefficient (Wildman–Crippen LogP) is 4.65. The molecular weight excluding hydrogens is 434 g/mol. The van der Waals surface area contributed by atoms with Crippen molar-refractivity contribution in [2.75, 3.05) is 74.2 Å². The summed E-state index contributed by atoms with van der Waals surface area (Å²) >= 11 is 0. The molecule has 1 aliphatic carbocycles. The summed E-state index contributed by atoms with van der Waals surface area (Å²) in [6, 6.07) is 13.9. The minimum atomic E-state index is 0.597. The third-order valence-corrected chi connectivity index (χ3v) is 9.41. The maximum atomic E-state index is 5.29. The standard InChI is InChI=1S/C29H41N5O/c1-35-27-8-5-25(6-9-27)32-19-21-33(22-20-32)26-7-10-28(30-23-26)34-17-13-29(14-18-34)11-15-31(16-12-29)24-3-2-4-24/h5-10,23-24H,2-4,11-22H2,1H3. The molecule has 0 unspecified atom stereocenters. The first-order chi connectivity index (χ1) is 17.2. The highest BCUT2D eigenvalue weighted by molar-refractivity contribution is 5.54. The normalized spacial score (nSPS) is 23.4. The molecule has 3 aliphatic heterocycles. The second-order valence-corrected chi connectivity index (χ2v) is 11.2. The Hall–Kier alpha value is -2.47. The van der Waals surface area contributed by atoms with Gasteiger partial charge in [0.15, 0.2) is 0 Å². The fourth-order valence-corrected chi connectivity index (χ4v) is 6.59. The number of piperidine rings is 2. The van der Waals surface area contributed by atoms with Crippen LogP contribution in [0, 0.1) is 5.41 Å². The third-order valence-electron chi connectivity index (χ3n) is 9.41. The van der Waals surface area contributed by atoms with Crippen molar-refractivity contribution in [3.63, 3.8) is 0 Å². The molecule has 6 heteroatoms. The first kappa shape index (κ1) is 23.0. The van der Waals surface area contributed by atoms with Crippen molar-refractivity contribution in [2.24, 2.45) is 5.41 Å². The van der Waals surface area contributed by atoms with Gasteiger partial charge < -0.3 is 24.3 Å². The number of aromatic nitrogens is 1. The van der Waals surface area contributed by atoms with Gasteiger partial charge >= 0.3 is 0 Å². The molecule has 1 saturated carbocycles. The number of likely N-dealkylation sites (tertiary alicyclic amines) is 1. The van der Waals surface area contributed by atoms with Gasteiger partial charge in [-0.3, -0.25) is 0 Å². The number of rotatable bonds is 5. The number of hydrogen-bond donors (Lipinski definition) is 0. The van der Waals surface area contributed by atoms with Crippen LogP contribution in [0.5, 0.6) is 5.75 Å². The van der Waals surface area contributed by atoms with E-state index in [1.165, 1.54) is 69.4 Å². The fraction of sp³-hybridized carbons (Fsp3) is 0.621. The molecule has 3 saturated heterocycles. The van der Waals surface area contributed by atoms with Crippen LogP contribution in [0.2, 0.25) is 0 Å². The van der Waals surface area contributed by atoms with Gasteiger partial charge in [-0.15, -0.1) is 0 Å². The molecule has 6 rings (SSSR count). The molecule has 0 N–H and O–H groups in total. The van der Waals surface area contributed by atoms with E-state index in [0.717, 1.165) is 56.9 Å². The molecular formula is C29H41N5O. The average Bonchev–Trinajstić information content (AvgIpc) is 2.90. The van der Waals surface area contributed by atoms with Crippen LogP contribution in [0.15, 0.2) is 42.6 Å². The van der Waals surface area contributed by atoms with Crippen LogP contribution in [0.4, 0.5) is 17.2 Å². The summed E-state index contributed by atoms with van der Waals surface area (Å²) in [6.45, 7) is 9.11. The predicted molar refractivity (Wildman–Crippen MR) is 144 cm³/mol. The molecule has 1 aromatic heterocycles. The highest BCUT2D eigenvalue weighted by Gasteiger charge is 2.39. The number of nitrogens with zero attached hydrogens (tertiary/aromatic N) is 5. The maximum Gasteiger partial charge on any atom is 0.128 e. The molecule has 6 nitrogen and oxygen atoms in total. The molecule has 1 spiro atoms. The smallest absolute Gasteiger partial charge is 0.128 e. The van der Waals surface area contributed by atoms with Crippen LogP contribution in [0.3, 0.4) is 0 Å². The van der Waals surface area contributed by atoms with Crippen molar-refractivity contribution in [2.45, 2.75) is 51.0 Å². The van der Waals surface area contributed by atoms with E-state index in [9.17, 15) is 0 Å². The number of methoxy groups -OCH3 is 1. The lowest BCUT2D eigenvalue weighted by Crippen LogP contribution is -2.51.